The van der Waals surface area contributed by atoms with Crippen molar-refractivity contribution in [1.82, 2.24) is 14.7 Å². The number of hydrogen-bond donors (Lipinski definition) is 0. The first-order valence-electron chi connectivity index (χ1n) is 13.0. The molecule has 0 saturated carbocycles. The van der Waals surface area contributed by atoms with E-state index in [0.717, 1.165) is 33.8 Å². The van der Waals surface area contributed by atoms with Crippen LogP contribution in [-0.2, 0) is 11.2 Å². The molecule has 0 atom stereocenters. The third-order valence-corrected chi connectivity index (χ3v) is 7.87. The van der Waals surface area contributed by atoms with Gasteiger partial charge in [-0.15, -0.1) is 0 Å². The molecule has 41 heavy (non-hydrogen) atoms. The average Bonchev–Trinajstić information content (AvgIpc) is 3.55. The van der Waals surface area contributed by atoms with Gasteiger partial charge in [-0.25, -0.2) is 4.68 Å². The molecule has 2 heterocycles. The van der Waals surface area contributed by atoms with Crippen LogP contribution in [0.25, 0.3) is 23.0 Å². The highest BCUT2D eigenvalue weighted by molar-refractivity contribution is 8.26. The molecule has 5 rings (SSSR count). The molecule has 0 N–H and O–H groups in total. The van der Waals surface area contributed by atoms with Crippen molar-refractivity contribution in [2.75, 3.05) is 27.4 Å². The Morgan fingerprint density at radius 3 is 2.46 bits per heavy atom. The van der Waals surface area contributed by atoms with E-state index in [1.807, 2.05) is 89.8 Å². The van der Waals surface area contributed by atoms with Crippen molar-refractivity contribution in [2.45, 2.75) is 6.42 Å². The number of hydrogen-bond acceptors (Lipinski definition) is 7. The monoisotopic (exact) mass is 583 g/mol. The molecule has 208 valence electrons. The van der Waals surface area contributed by atoms with E-state index >= 15 is 0 Å². The highest BCUT2D eigenvalue weighted by atomic mass is 32.2. The molecule has 1 aliphatic heterocycles. The number of para-hydroxylation sites is 1. The normalized spacial score (nSPS) is 14.0. The van der Waals surface area contributed by atoms with Crippen molar-refractivity contribution in [3.05, 3.63) is 108 Å². The quantitative estimate of drug-likeness (QED) is 0.112. The van der Waals surface area contributed by atoms with Gasteiger partial charge < -0.3 is 14.2 Å². The summed E-state index contributed by atoms with van der Waals surface area (Å²) in [5, 5.41) is 4.88. The summed E-state index contributed by atoms with van der Waals surface area (Å²) in [6.45, 7) is 4.58. The number of thioether (sulfide) groups is 1. The van der Waals surface area contributed by atoms with Gasteiger partial charge in [-0.3, -0.25) is 9.69 Å². The second-order valence-corrected chi connectivity index (χ2v) is 10.8. The van der Waals surface area contributed by atoms with Crippen molar-refractivity contribution in [3.63, 3.8) is 0 Å². The zero-order chi connectivity index (χ0) is 28.8. The summed E-state index contributed by atoms with van der Waals surface area (Å²) in [7, 11) is 3.21. The molecule has 1 aliphatic rings. The fourth-order valence-corrected chi connectivity index (χ4v) is 5.70. The van der Waals surface area contributed by atoms with Gasteiger partial charge in [-0.05, 0) is 66.6 Å². The van der Waals surface area contributed by atoms with Gasteiger partial charge in [-0.2, -0.15) is 5.10 Å². The first kappa shape index (κ1) is 28.2. The maximum Gasteiger partial charge on any atom is 0.266 e. The Morgan fingerprint density at radius 1 is 1.00 bits per heavy atom. The summed E-state index contributed by atoms with van der Waals surface area (Å²) in [6, 6.07) is 23.3. The van der Waals surface area contributed by atoms with E-state index in [4.69, 9.17) is 31.5 Å². The Hall–Kier alpha value is -4.34. The Kier molecular flexibility index (Phi) is 8.86. The summed E-state index contributed by atoms with van der Waals surface area (Å²) < 4.78 is 18.7. The van der Waals surface area contributed by atoms with E-state index in [-0.39, 0.29) is 5.91 Å². The molecular weight excluding hydrogens is 555 g/mol. The molecule has 0 bridgehead atoms. The maximum atomic E-state index is 13.5. The van der Waals surface area contributed by atoms with Crippen LogP contribution in [0.2, 0.25) is 0 Å². The van der Waals surface area contributed by atoms with Crippen molar-refractivity contribution >= 4 is 40.3 Å². The number of methoxy groups -OCH3 is 2. The molecule has 1 saturated heterocycles. The summed E-state index contributed by atoms with van der Waals surface area (Å²) in [4.78, 5) is 15.7. The highest BCUT2D eigenvalue weighted by Gasteiger charge is 2.32. The Morgan fingerprint density at radius 2 is 1.76 bits per heavy atom. The van der Waals surface area contributed by atoms with E-state index in [0.29, 0.717) is 40.3 Å². The fraction of sp³-hybridized carbons (Fsp3) is 0.156. The summed E-state index contributed by atoms with van der Waals surface area (Å²) in [5.41, 5.74) is 4.41. The van der Waals surface area contributed by atoms with Gasteiger partial charge >= 0.3 is 0 Å². The van der Waals surface area contributed by atoms with Crippen LogP contribution >= 0.6 is 24.0 Å². The molecule has 4 aromatic rings. The highest BCUT2D eigenvalue weighted by Crippen LogP contribution is 2.36. The van der Waals surface area contributed by atoms with Crippen molar-refractivity contribution in [1.29, 1.82) is 0 Å². The molecular formula is C32H29N3O4S2. The molecule has 1 amide bonds. The molecule has 7 nitrogen and oxygen atoms in total. The van der Waals surface area contributed by atoms with Crippen LogP contribution in [0.5, 0.6) is 17.2 Å². The van der Waals surface area contributed by atoms with Gasteiger partial charge in [0.25, 0.3) is 5.91 Å². The minimum Gasteiger partial charge on any atom is -0.493 e. The SMILES string of the molecule is C=CCOc1ccc(-c2nn(-c3ccccc3)cc2C=C2SC(=S)N(CCc3ccc(OC)c(OC)c3)C2=O)cc1. The van der Waals surface area contributed by atoms with E-state index in [1.54, 1.807) is 25.2 Å². The number of aromatic nitrogens is 2. The maximum absolute atomic E-state index is 13.5. The minimum atomic E-state index is -0.118. The van der Waals surface area contributed by atoms with Gasteiger partial charge in [0.15, 0.2) is 11.5 Å². The van der Waals surface area contributed by atoms with Crippen LogP contribution in [0, 0.1) is 0 Å². The predicted octanol–water partition coefficient (Wildman–Crippen LogP) is 6.57. The van der Waals surface area contributed by atoms with Crippen molar-refractivity contribution in [2.24, 2.45) is 0 Å². The lowest BCUT2D eigenvalue weighted by atomic mass is 10.1. The molecule has 0 spiro atoms. The lowest BCUT2D eigenvalue weighted by Gasteiger charge is -2.15. The molecule has 1 fully saturated rings. The van der Waals surface area contributed by atoms with Gasteiger partial charge in [0.05, 0.1) is 30.5 Å². The minimum absolute atomic E-state index is 0.118. The molecule has 9 heteroatoms. The topological polar surface area (TPSA) is 65.8 Å². The van der Waals surface area contributed by atoms with Crippen LogP contribution in [0.4, 0.5) is 0 Å². The Balaban J connectivity index is 1.41. The lowest BCUT2D eigenvalue weighted by molar-refractivity contribution is -0.122. The van der Waals surface area contributed by atoms with E-state index in [9.17, 15) is 4.79 Å². The summed E-state index contributed by atoms with van der Waals surface area (Å²) in [5.74, 6) is 1.94. The van der Waals surface area contributed by atoms with Crippen LogP contribution in [0.15, 0.2) is 96.6 Å². The largest absolute Gasteiger partial charge is 0.493 e. The number of carbonyl (C=O) groups is 1. The lowest BCUT2D eigenvalue weighted by Crippen LogP contribution is -2.30. The van der Waals surface area contributed by atoms with Crippen molar-refractivity contribution < 1.29 is 19.0 Å². The van der Waals surface area contributed by atoms with Gasteiger partial charge in [0, 0.05) is 23.9 Å². The molecule has 0 radical (unpaired) electrons. The average molecular weight is 584 g/mol. The second-order valence-electron chi connectivity index (χ2n) is 9.11. The number of nitrogens with zero attached hydrogens (tertiary/aromatic N) is 3. The number of benzene rings is 3. The molecule has 1 aromatic heterocycles. The standard InChI is InChI=1S/C32H29N3O4S2/c1-4-18-39-26-13-11-23(12-14-26)30-24(21-35(33-30)25-8-6-5-7-9-25)20-29-31(36)34(32(40)41-29)17-16-22-10-15-27(37-2)28(19-22)38-3/h4-15,19-21H,1,16-18H2,2-3H3. The van der Waals surface area contributed by atoms with Gasteiger partial charge in [-0.1, -0.05) is 60.9 Å². The van der Waals surface area contributed by atoms with Gasteiger partial charge in [0.1, 0.15) is 16.7 Å². The number of rotatable bonds is 11. The van der Waals surface area contributed by atoms with Crippen LogP contribution in [0.3, 0.4) is 0 Å². The predicted molar refractivity (Wildman–Crippen MR) is 168 cm³/mol. The number of amides is 1. The zero-order valence-electron chi connectivity index (χ0n) is 22.8. The van der Waals surface area contributed by atoms with Crippen LogP contribution in [0.1, 0.15) is 11.1 Å². The Labute approximate surface area is 249 Å². The molecule has 0 aliphatic carbocycles. The first-order chi connectivity index (χ1) is 20.0. The fourth-order valence-electron chi connectivity index (χ4n) is 4.41. The van der Waals surface area contributed by atoms with Crippen LogP contribution in [-0.4, -0.2) is 52.3 Å². The first-order valence-corrected chi connectivity index (χ1v) is 14.2. The Bertz CT molecular complexity index is 1600. The van der Waals surface area contributed by atoms with Crippen molar-refractivity contribution in [3.8, 4) is 34.2 Å². The van der Waals surface area contributed by atoms with E-state index < -0.39 is 0 Å². The van der Waals surface area contributed by atoms with Gasteiger partial charge in [0.2, 0.25) is 0 Å². The van der Waals surface area contributed by atoms with E-state index in [2.05, 4.69) is 6.58 Å². The van der Waals surface area contributed by atoms with E-state index in [1.165, 1.54) is 11.8 Å². The third kappa shape index (κ3) is 6.37. The number of carbonyl (C=O) groups excluding carboxylic acids is 1. The van der Waals surface area contributed by atoms with Crippen LogP contribution < -0.4 is 14.2 Å². The summed E-state index contributed by atoms with van der Waals surface area (Å²) >= 11 is 6.92. The number of ether oxygens (including phenoxy) is 3. The third-order valence-electron chi connectivity index (χ3n) is 6.49. The molecule has 0 unspecified atom stereocenters. The number of thiocarbonyl (C=S) groups is 1. The summed E-state index contributed by atoms with van der Waals surface area (Å²) in [6.07, 6.45) is 6.14. The zero-order valence-corrected chi connectivity index (χ0v) is 24.4. The molecule has 3 aromatic carbocycles. The smallest absolute Gasteiger partial charge is 0.266 e. The second kappa shape index (κ2) is 12.9.